The SMILES string of the molecule is CN1CCN(CCCOc2cccc(CC(=O)Nc3nnc(-c4nonc4N)s3)c2)CC1. The minimum Gasteiger partial charge on any atom is -0.494 e. The third kappa shape index (κ3) is 5.99. The summed E-state index contributed by atoms with van der Waals surface area (Å²) in [6.45, 7) is 6.15. The number of rotatable bonds is 9. The Labute approximate surface area is 189 Å². The van der Waals surface area contributed by atoms with Gasteiger partial charge < -0.3 is 25.6 Å². The van der Waals surface area contributed by atoms with Crippen LogP contribution in [0.5, 0.6) is 5.75 Å². The average molecular weight is 459 g/mol. The van der Waals surface area contributed by atoms with E-state index in [0.717, 1.165) is 61.8 Å². The lowest BCUT2D eigenvalue weighted by atomic mass is 10.1. The second kappa shape index (κ2) is 10.5. The zero-order valence-corrected chi connectivity index (χ0v) is 18.7. The molecule has 0 atom stereocenters. The van der Waals surface area contributed by atoms with Gasteiger partial charge in [0.2, 0.25) is 11.0 Å². The third-order valence-electron chi connectivity index (χ3n) is 5.13. The topological polar surface area (TPSA) is 136 Å². The number of amides is 1. The Morgan fingerprint density at radius 3 is 2.88 bits per heavy atom. The maximum atomic E-state index is 12.4. The summed E-state index contributed by atoms with van der Waals surface area (Å²) in [7, 11) is 2.16. The number of hydrogen-bond donors (Lipinski definition) is 2. The Bertz CT molecular complexity index is 1030. The molecule has 1 aliphatic heterocycles. The molecule has 4 rings (SSSR count). The van der Waals surface area contributed by atoms with Gasteiger partial charge in [0.15, 0.2) is 16.5 Å². The van der Waals surface area contributed by atoms with Crippen LogP contribution in [-0.2, 0) is 11.2 Å². The van der Waals surface area contributed by atoms with E-state index >= 15 is 0 Å². The molecule has 2 aromatic heterocycles. The van der Waals surface area contributed by atoms with Crippen molar-refractivity contribution in [3.63, 3.8) is 0 Å². The second-order valence-corrected chi connectivity index (χ2v) is 8.61. The monoisotopic (exact) mass is 458 g/mol. The Balaban J connectivity index is 1.22. The lowest BCUT2D eigenvalue weighted by Crippen LogP contribution is -2.44. The first-order chi connectivity index (χ1) is 15.6. The van der Waals surface area contributed by atoms with Crippen LogP contribution in [0.25, 0.3) is 10.7 Å². The molecule has 0 spiro atoms. The number of ether oxygens (including phenoxy) is 1. The molecule has 0 saturated carbocycles. The third-order valence-corrected chi connectivity index (χ3v) is 5.98. The Morgan fingerprint density at radius 2 is 2.09 bits per heavy atom. The number of nitrogens with one attached hydrogen (secondary N) is 1. The minimum atomic E-state index is -0.203. The van der Waals surface area contributed by atoms with E-state index in [-0.39, 0.29) is 18.1 Å². The summed E-state index contributed by atoms with van der Waals surface area (Å²) in [5.41, 5.74) is 6.82. The molecule has 32 heavy (non-hydrogen) atoms. The molecule has 3 aromatic rings. The fourth-order valence-electron chi connectivity index (χ4n) is 3.36. The first kappa shape index (κ1) is 22.1. The van der Waals surface area contributed by atoms with Gasteiger partial charge in [0.1, 0.15) is 5.75 Å². The molecular weight excluding hydrogens is 432 g/mol. The van der Waals surface area contributed by atoms with Gasteiger partial charge in [0.25, 0.3) is 0 Å². The predicted molar refractivity (Wildman–Crippen MR) is 120 cm³/mol. The van der Waals surface area contributed by atoms with Crippen LogP contribution >= 0.6 is 11.3 Å². The average Bonchev–Trinajstić information content (AvgIpc) is 3.41. The quantitative estimate of drug-likeness (QED) is 0.452. The maximum Gasteiger partial charge on any atom is 0.230 e. The molecule has 0 bridgehead atoms. The highest BCUT2D eigenvalue weighted by Crippen LogP contribution is 2.28. The maximum absolute atomic E-state index is 12.4. The summed E-state index contributed by atoms with van der Waals surface area (Å²) in [6.07, 6.45) is 1.17. The van der Waals surface area contributed by atoms with Crippen molar-refractivity contribution in [1.29, 1.82) is 0 Å². The highest BCUT2D eigenvalue weighted by Gasteiger charge is 2.16. The van der Waals surface area contributed by atoms with Crippen molar-refractivity contribution in [3.8, 4) is 16.5 Å². The summed E-state index contributed by atoms with van der Waals surface area (Å²) in [5, 5.41) is 18.6. The molecule has 3 N–H and O–H groups in total. The summed E-state index contributed by atoms with van der Waals surface area (Å²) in [6, 6.07) is 7.58. The number of likely N-dealkylation sites (N-methyl/N-ethyl adjacent to an activating group) is 1. The molecule has 0 aliphatic carbocycles. The lowest BCUT2D eigenvalue weighted by molar-refractivity contribution is -0.115. The van der Waals surface area contributed by atoms with E-state index in [0.29, 0.717) is 22.4 Å². The fourth-order valence-corrected chi connectivity index (χ4v) is 4.11. The van der Waals surface area contributed by atoms with Crippen molar-refractivity contribution in [2.24, 2.45) is 0 Å². The molecule has 1 saturated heterocycles. The van der Waals surface area contributed by atoms with Crippen LogP contribution in [0.4, 0.5) is 10.9 Å². The second-order valence-electron chi connectivity index (χ2n) is 7.63. The van der Waals surface area contributed by atoms with Crippen molar-refractivity contribution in [2.75, 3.05) is 57.4 Å². The number of aromatic nitrogens is 4. The summed E-state index contributed by atoms with van der Waals surface area (Å²) < 4.78 is 10.5. The van der Waals surface area contributed by atoms with Crippen molar-refractivity contribution >= 4 is 28.2 Å². The Hall–Kier alpha value is -3.09. The van der Waals surface area contributed by atoms with E-state index < -0.39 is 0 Å². The van der Waals surface area contributed by atoms with Crippen molar-refractivity contribution in [3.05, 3.63) is 29.8 Å². The summed E-state index contributed by atoms with van der Waals surface area (Å²) in [5.74, 6) is 0.687. The number of carbonyl (C=O) groups is 1. The van der Waals surface area contributed by atoms with E-state index in [1.54, 1.807) is 0 Å². The lowest BCUT2D eigenvalue weighted by Gasteiger charge is -2.32. The first-order valence-corrected chi connectivity index (χ1v) is 11.2. The number of nitrogen functional groups attached to an aromatic ring is 1. The van der Waals surface area contributed by atoms with Crippen molar-refractivity contribution in [1.82, 2.24) is 30.3 Å². The van der Waals surface area contributed by atoms with Crippen LogP contribution in [0.1, 0.15) is 12.0 Å². The number of nitrogens with two attached hydrogens (primary N) is 1. The number of anilines is 2. The number of carbonyl (C=O) groups excluding carboxylic acids is 1. The summed E-state index contributed by atoms with van der Waals surface area (Å²) >= 11 is 1.14. The van der Waals surface area contributed by atoms with Crippen LogP contribution in [0.15, 0.2) is 28.9 Å². The first-order valence-electron chi connectivity index (χ1n) is 10.4. The molecule has 0 unspecified atom stereocenters. The molecule has 170 valence electrons. The van der Waals surface area contributed by atoms with Crippen LogP contribution < -0.4 is 15.8 Å². The van der Waals surface area contributed by atoms with Gasteiger partial charge in [-0.05, 0) is 41.5 Å². The zero-order chi connectivity index (χ0) is 22.3. The van der Waals surface area contributed by atoms with Crippen LogP contribution in [0.3, 0.4) is 0 Å². The van der Waals surface area contributed by atoms with Gasteiger partial charge in [0.05, 0.1) is 13.0 Å². The largest absolute Gasteiger partial charge is 0.494 e. The van der Waals surface area contributed by atoms with Gasteiger partial charge in [-0.25, -0.2) is 4.63 Å². The molecule has 0 radical (unpaired) electrons. The molecule has 12 heteroatoms. The molecule has 11 nitrogen and oxygen atoms in total. The Morgan fingerprint density at radius 1 is 1.25 bits per heavy atom. The number of piperazine rings is 1. The number of nitrogens with zero attached hydrogens (tertiary/aromatic N) is 6. The minimum absolute atomic E-state index is 0.124. The molecule has 1 aromatic carbocycles. The summed E-state index contributed by atoms with van der Waals surface area (Å²) in [4.78, 5) is 17.2. The smallest absolute Gasteiger partial charge is 0.230 e. The predicted octanol–water partition coefficient (Wildman–Crippen LogP) is 1.37. The standard InChI is InChI=1S/C20H26N8O3S/c1-27-7-9-28(10-8-27)6-3-11-30-15-5-2-4-14(12-15)13-16(29)22-20-24-23-19(32-20)17-18(21)26-31-25-17/h2,4-5,12H,3,6-11,13H2,1H3,(H2,21,26)(H,22,24,29). The van der Waals surface area contributed by atoms with Gasteiger partial charge in [-0.1, -0.05) is 23.5 Å². The Kier molecular flexibility index (Phi) is 7.24. The van der Waals surface area contributed by atoms with Gasteiger partial charge in [-0.2, -0.15) is 0 Å². The fraction of sp³-hybridized carbons (Fsp3) is 0.450. The van der Waals surface area contributed by atoms with Gasteiger partial charge in [0, 0.05) is 32.7 Å². The molecule has 1 fully saturated rings. The number of benzene rings is 1. The highest BCUT2D eigenvalue weighted by atomic mass is 32.1. The normalized spacial score (nSPS) is 15.0. The van der Waals surface area contributed by atoms with Crippen LogP contribution in [-0.4, -0.2) is 82.6 Å². The molecule has 1 aliphatic rings. The number of hydrogen-bond acceptors (Lipinski definition) is 11. The highest BCUT2D eigenvalue weighted by molar-refractivity contribution is 7.18. The molecule has 3 heterocycles. The van der Waals surface area contributed by atoms with Crippen LogP contribution in [0, 0.1) is 0 Å². The van der Waals surface area contributed by atoms with Gasteiger partial charge in [-0.15, -0.1) is 10.2 Å². The van der Waals surface area contributed by atoms with Gasteiger partial charge >= 0.3 is 0 Å². The van der Waals surface area contributed by atoms with E-state index in [2.05, 4.69) is 47.3 Å². The van der Waals surface area contributed by atoms with Crippen LogP contribution in [0.2, 0.25) is 0 Å². The van der Waals surface area contributed by atoms with E-state index in [1.165, 1.54) is 0 Å². The van der Waals surface area contributed by atoms with E-state index in [9.17, 15) is 4.79 Å². The van der Waals surface area contributed by atoms with E-state index in [1.807, 2.05) is 24.3 Å². The molecular formula is C20H26N8O3S. The molecule has 1 amide bonds. The zero-order valence-electron chi connectivity index (χ0n) is 17.9. The van der Waals surface area contributed by atoms with E-state index in [4.69, 9.17) is 10.5 Å². The van der Waals surface area contributed by atoms with Gasteiger partial charge in [-0.3, -0.25) is 4.79 Å². The van der Waals surface area contributed by atoms with Crippen molar-refractivity contribution < 1.29 is 14.2 Å². The van der Waals surface area contributed by atoms with Crippen molar-refractivity contribution in [2.45, 2.75) is 12.8 Å².